The van der Waals surface area contributed by atoms with E-state index in [0.717, 1.165) is 24.3 Å². The number of hydrogen-bond donors (Lipinski definition) is 1. The first kappa shape index (κ1) is 19.6. The average Bonchev–Trinajstić information content (AvgIpc) is 2.93. The van der Waals surface area contributed by atoms with E-state index in [4.69, 9.17) is 4.98 Å². The summed E-state index contributed by atoms with van der Waals surface area (Å²) in [5, 5.41) is 12.5. The van der Waals surface area contributed by atoms with Gasteiger partial charge in [0, 0.05) is 30.3 Å². The minimum absolute atomic E-state index is 0.0107. The van der Waals surface area contributed by atoms with Gasteiger partial charge in [0.15, 0.2) is 0 Å². The first-order chi connectivity index (χ1) is 12.2. The van der Waals surface area contributed by atoms with Gasteiger partial charge in [0.1, 0.15) is 0 Å². The number of hydrogen-bond acceptors (Lipinski definition) is 4. The van der Waals surface area contributed by atoms with E-state index in [9.17, 15) is 9.90 Å². The van der Waals surface area contributed by atoms with Gasteiger partial charge in [-0.25, -0.2) is 4.98 Å². The molecule has 0 bridgehead atoms. The quantitative estimate of drug-likeness (QED) is 0.814. The van der Waals surface area contributed by atoms with Crippen molar-refractivity contribution in [3.63, 3.8) is 0 Å². The molecule has 26 heavy (non-hydrogen) atoms. The van der Waals surface area contributed by atoms with Crippen LogP contribution in [0.4, 0.5) is 0 Å². The number of likely N-dealkylation sites (N-methyl/N-ethyl adjacent to an activating group) is 1. The predicted molar refractivity (Wildman–Crippen MR) is 106 cm³/mol. The molecular formula is C21H32N2O2S. The second-order valence-corrected chi connectivity index (χ2v) is 9.96. The lowest BCUT2D eigenvalue weighted by molar-refractivity contribution is -0.143. The van der Waals surface area contributed by atoms with Crippen molar-refractivity contribution in [2.75, 3.05) is 13.6 Å². The zero-order chi connectivity index (χ0) is 19.2. The summed E-state index contributed by atoms with van der Waals surface area (Å²) in [5.41, 5.74) is 1.27. The standard InChI is InChI=1S/C21H32N2O2S/c1-7-10-23(6)20(25)12(2)15-8-9-21(5)11-16-18(22-14(4)26-16)13(3)17(21)19(15)24/h7,12-13,15,17,19,24H,1,8-11H2,2-6H3/t12-,13-,15?,17+,19-,21-/m0/s1. The molecule has 1 N–H and O–H groups in total. The van der Waals surface area contributed by atoms with Gasteiger partial charge in [0.25, 0.3) is 0 Å². The first-order valence-electron chi connectivity index (χ1n) is 9.69. The average molecular weight is 377 g/mol. The van der Waals surface area contributed by atoms with Crippen molar-refractivity contribution in [1.29, 1.82) is 0 Å². The molecule has 1 saturated carbocycles. The second-order valence-electron chi connectivity index (χ2n) is 8.68. The van der Waals surface area contributed by atoms with Gasteiger partial charge in [0.2, 0.25) is 5.91 Å². The van der Waals surface area contributed by atoms with Crippen LogP contribution in [-0.4, -0.2) is 40.6 Å². The van der Waals surface area contributed by atoms with E-state index in [-0.39, 0.29) is 35.0 Å². The van der Waals surface area contributed by atoms with E-state index in [0.29, 0.717) is 6.54 Å². The zero-order valence-corrected chi connectivity index (χ0v) is 17.5. The topological polar surface area (TPSA) is 53.4 Å². The number of carbonyl (C=O) groups is 1. The number of aromatic nitrogens is 1. The Kier molecular flexibility index (Phi) is 5.33. The molecule has 1 aromatic rings. The molecule has 5 heteroatoms. The Bertz CT molecular complexity index is 700. The molecule has 1 heterocycles. The fourth-order valence-electron chi connectivity index (χ4n) is 5.48. The van der Waals surface area contributed by atoms with Crippen LogP contribution in [0.3, 0.4) is 0 Å². The number of carbonyl (C=O) groups excluding carboxylic acids is 1. The predicted octanol–water partition coefficient (Wildman–Crippen LogP) is 3.79. The van der Waals surface area contributed by atoms with Gasteiger partial charge in [-0.15, -0.1) is 17.9 Å². The van der Waals surface area contributed by atoms with Crippen LogP contribution in [0.1, 0.15) is 55.1 Å². The largest absolute Gasteiger partial charge is 0.392 e. The smallest absolute Gasteiger partial charge is 0.225 e. The van der Waals surface area contributed by atoms with Crippen LogP contribution in [0.25, 0.3) is 0 Å². The summed E-state index contributed by atoms with van der Waals surface area (Å²) in [5.74, 6) is 0.336. The van der Waals surface area contributed by atoms with Crippen LogP contribution in [0, 0.1) is 30.1 Å². The van der Waals surface area contributed by atoms with Crippen molar-refractivity contribution in [3.8, 4) is 0 Å². The van der Waals surface area contributed by atoms with Gasteiger partial charge in [-0.2, -0.15) is 0 Å². The summed E-state index contributed by atoms with van der Waals surface area (Å²) in [6, 6.07) is 0. The van der Waals surface area contributed by atoms with Crippen LogP contribution in [0.5, 0.6) is 0 Å². The Hall–Kier alpha value is -1.20. The van der Waals surface area contributed by atoms with Gasteiger partial charge in [0.05, 0.1) is 16.8 Å². The van der Waals surface area contributed by atoms with Crippen LogP contribution in [0.15, 0.2) is 12.7 Å². The SMILES string of the molecule is C=CCN(C)C(=O)[C@@H](C)C1CC[C@@]2(C)Cc3sc(C)nc3[C@@H](C)[C@@H]2[C@H]1O. The summed E-state index contributed by atoms with van der Waals surface area (Å²) in [7, 11) is 1.81. The molecule has 2 aliphatic rings. The van der Waals surface area contributed by atoms with Crippen molar-refractivity contribution in [2.45, 2.75) is 59.0 Å². The number of fused-ring (bicyclic) bond motifs is 2. The molecule has 4 nitrogen and oxygen atoms in total. The fraction of sp³-hybridized carbons (Fsp3) is 0.714. The van der Waals surface area contributed by atoms with E-state index in [1.165, 1.54) is 10.6 Å². The van der Waals surface area contributed by atoms with Crippen LogP contribution in [0.2, 0.25) is 0 Å². The maximum atomic E-state index is 12.8. The number of rotatable bonds is 4. The van der Waals surface area contributed by atoms with E-state index in [1.807, 2.05) is 25.3 Å². The maximum absolute atomic E-state index is 12.8. The summed E-state index contributed by atoms with van der Waals surface area (Å²) in [6.07, 6.45) is 4.25. The number of nitrogens with zero attached hydrogens (tertiary/aromatic N) is 2. The molecule has 1 fully saturated rings. The summed E-state index contributed by atoms with van der Waals surface area (Å²) in [6.45, 7) is 12.8. The van der Waals surface area contributed by atoms with Crippen molar-refractivity contribution in [1.82, 2.24) is 9.88 Å². The van der Waals surface area contributed by atoms with Crippen molar-refractivity contribution < 1.29 is 9.90 Å². The number of aryl methyl sites for hydroxylation is 1. The zero-order valence-electron chi connectivity index (χ0n) is 16.7. The highest BCUT2D eigenvalue weighted by molar-refractivity contribution is 7.11. The van der Waals surface area contributed by atoms with Crippen molar-refractivity contribution in [3.05, 3.63) is 28.2 Å². The van der Waals surface area contributed by atoms with Gasteiger partial charge in [-0.05, 0) is 43.4 Å². The van der Waals surface area contributed by atoms with E-state index in [2.05, 4.69) is 27.4 Å². The molecule has 0 spiro atoms. The molecule has 0 aromatic carbocycles. The lowest BCUT2D eigenvalue weighted by atomic mass is 9.53. The molecule has 0 radical (unpaired) electrons. The normalized spacial score (nSPS) is 34.5. The Balaban J connectivity index is 1.86. The summed E-state index contributed by atoms with van der Waals surface area (Å²) >= 11 is 1.81. The first-order valence-corrected chi connectivity index (χ1v) is 10.5. The van der Waals surface area contributed by atoms with E-state index >= 15 is 0 Å². The molecule has 1 unspecified atom stereocenters. The number of aliphatic hydroxyl groups excluding tert-OH is 1. The Morgan fingerprint density at radius 3 is 2.92 bits per heavy atom. The molecule has 1 aromatic heterocycles. The molecule has 144 valence electrons. The minimum Gasteiger partial charge on any atom is -0.392 e. The Morgan fingerprint density at radius 2 is 2.27 bits per heavy atom. The third-order valence-corrected chi connectivity index (χ3v) is 7.83. The highest BCUT2D eigenvalue weighted by atomic mass is 32.1. The van der Waals surface area contributed by atoms with E-state index in [1.54, 1.807) is 11.0 Å². The molecular weight excluding hydrogens is 344 g/mol. The maximum Gasteiger partial charge on any atom is 0.225 e. The lowest BCUT2D eigenvalue weighted by Gasteiger charge is -2.53. The van der Waals surface area contributed by atoms with Crippen LogP contribution < -0.4 is 0 Å². The van der Waals surface area contributed by atoms with Gasteiger partial charge in [-0.3, -0.25) is 4.79 Å². The number of thiazole rings is 1. The summed E-state index contributed by atoms with van der Waals surface area (Å²) < 4.78 is 0. The lowest BCUT2D eigenvalue weighted by Crippen LogP contribution is -2.53. The molecule has 0 saturated heterocycles. The monoisotopic (exact) mass is 376 g/mol. The molecule has 6 atom stereocenters. The molecule has 0 aliphatic heterocycles. The minimum atomic E-state index is -0.463. The van der Waals surface area contributed by atoms with E-state index < -0.39 is 6.10 Å². The highest BCUT2D eigenvalue weighted by Gasteiger charge is 2.53. The Labute approximate surface area is 161 Å². The van der Waals surface area contributed by atoms with Crippen molar-refractivity contribution in [2.24, 2.45) is 23.2 Å². The van der Waals surface area contributed by atoms with Crippen molar-refractivity contribution >= 4 is 17.2 Å². The molecule has 1 amide bonds. The highest BCUT2D eigenvalue weighted by Crippen LogP contribution is 2.57. The van der Waals surface area contributed by atoms with Crippen LogP contribution >= 0.6 is 11.3 Å². The second kappa shape index (κ2) is 7.08. The Morgan fingerprint density at radius 1 is 1.58 bits per heavy atom. The molecule has 3 rings (SSSR count). The third kappa shape index (κ3) is 3.13. The number of amides is 1. The third-order valence-electron chi connectivity index (χ3n) is 6.84. The number of aliphatic hydroxyl groups is 1. The fourth-order valence-corrected chi connectivity index (χ4v) is 6.72. The van der Waals surface area contributed by atoms with Gasteiger partial charge in [-0.1, -0.05) is 26.8 Å². The van der Waals surface area contributed by atoms with Gasteiger partial charge >= 0.3 is 0 Å². The molecule has 2 aliphatic carbocycles. The van der Waals surface area contributed by atoms with Gasteiger partial charge < -0.3 is 10.0 Å². The summed E-state index contributed by atoms with van der Waals surface area (Å²) in [4.78, 5) is 20.6. The van der Waals surface area contributed by atoms with Crippen LogP contribution in [-0.2, 0) is 11.2 Å².